The number of thiazole rings is 1. The van der Waals surface area contributed by atoms with Gasteiger partial charge in [0.1, 0.15) is 16.0 Å². The number of amides is 2. The highest BCUT2D eigenvalue weighted by Gasteiger charge is 2.39. The van der Waals surface area contributed by atoms with Crippen LogP contribution in [0.3, 0.4) is 0 Å². The van der Waals surface area contributed by atoms with Crippen LogP contribution in [0.4, 0.5) is 10.5 Å². The molecule has 3 aliphatic heterocycles. The summed E-state index contributed by atoms with van der Waals surface area (Å²) in [6.07, 6.45) is 0.875. The summed E-state index contributed by atoms with van der Waals surface area (Å²) in [6, 6.07) is 14.0. The lowest BCUT2D eigenvalue weighted by Gasteiger charge is -2.33. The molecule has 10 heteroatoms. The van der Waals surface area contributed by atoms with Crippen LogP contribution in [-0.2, 0) is 4.74 Å². The first kappa shape index (κ1) is 28.2. The second-order valence-corrected chi connectivity index (χ2v) is 14.5. The molecule has 0 saturated carbocycles. The smallest absolute Gasteiger partial charge is 0.410 e. The summed E-state index contributed by atoms with van der Waals surface area (Å²) in [5.41, 5.74) is 2.35. The van der Waals surface area contributed by atoms with Crippen LogP contribution < -0.4 is 15.6 Å². The number of likely N-dealkylation sites (tertiary alicyclic amines) is 2. The molecule has 1 N–H and O–H groups in total. The minimum atomic E-state index is -0.554. The van der Waals surface area contributed by atoms with E-state index in [9.17, 15) is 14.4 Å². The minimum absolute atomic E-state index is 0.133. The van der Waals surface area contributed by atoms with Gasteiger partial charge in [0.05, 0.1) is 15.7 Å². The molecular weight excluding hydrogens is 562 g/mol. The van der Waals surface area contributed by atoms with Gasteiger partial charge < -0.3 is 24.8 Å². The molecule has 2 aromatic heterocycles. The van der Waals surface area contributed by atoms with Crippen molar-refractivity contribution in [2.45, 2.75) is 45.3 Å². The fourth-order valence-corrected chi connectivity index (χ4v) is 8.34. The van der Waals surface area contributed by atoms with Gasteiger partial charge in [0.15, 0.2) is 0 Å². The molecule has 9 nitrogen and oxygen atoms in total. The summed E-state index contributed by atoms with van der Waals surface area (Å²) >= 11 is 1.48. The summed E-state index contributed by atoms with van der Waals surface area (Å²) < 4.78 is 8.64. The Hall–Kier alpha value is -3.63. The van der Waals surface area contributed by atoms with E-state index in [1.165, 1.54) is 11.3 Å². The van der Waals surface area contributed by atoms with Gasteiger partial charge in [0, 0.05) is 56.4 Å². The molecule has 226 valence electrons. The number of pyridine rings is 1. The molecule has 4 aromatic rings. The van der Waals surface area contributed by atoms with Gasteiger partial charge in [0.2, 0.25) is 5.43 Å². The number of ether oxygens (including phenoxy) is 1. The Morgan fingerprint density at radius 3 is 2.35 bits per heavy atom. The predicted molar refractivity (Wildman–Crippen MR) is 172 cm³/mol. The van der Waals surface area contributed by atoms with Gasteiger partial charge in [-0.15, -0.1) is 11.3 Å². The molecule has 0 aliphatic carbocycles. The molecule has 3 fully saturated rings. The summed E-state index contributed by atoms with van der Waals surface area (Å²) in [5, 5.41) is 3.68. The van der Waals surface area contributed by atoms with Crippen molar-refractivity contribution in [3.63, 3.8) is 0 Å². The van der Waals surface area contributed by atoms with E-state index < -0.39 is 5.60 Å². The molecule has 2 aromatic carbocycles. The van der Waals surface area contributed by atoms with Crippen molar-refractivity contribution in [3.05, 3.63) is 58.3 Å². The fraction of sp³-hybridized carbons (Fsp3) is 0.485. The molecule has 2 unspecified atom stereocenters. The maximum atomic E-state index is 14.0. The molecule has 2 atom stereocenters. The third-order valence-corrected chi connectivity index (χ3v) is 10.3. The summed E-state index contributed by atoms with van der Waals surface area (Å²) in [7, 11) is 2.20. The molecule has 0 spiro atoms. The maximum absolute atomic E-state index is 14.0. The molecule has 3 saturated heterocycles. The van der Waals surface area contributed by atoms with E-state index in [1.807, 2.05) is 51.1 Å². The Labute approximate surface area is 255 Å². The number of carbonyl (C=O) groups is 2. The monoisotopic (exact) mass is 601 g/mol. The Morgan fingerprint density at radius 1 is 0.953 bits per heavy atom. The van der Waals surface area contributed by atoms with Crippen molar-refractivity contribution in [3.8, 4) is 0 Å². The molecule has 7 rings (SSSR count). The van der Waals surface area contributed by atoms with Gasteiger partial charge in [-0.05, 0) is 82.8 Å². The average molecular weight is 602 g/mol. The molecule has 0 radical (unpaired) electrons. The van der Waals surface area contributed by atoms with E-state index in [0.717, 1.165) is 47.6 Å². The first-order chi connectivity index (χ1) is 20.6. The quantitative estimate of drug-likeness (QED) is 0.363. The lowest BCUT2D eigenvalue weighted by atomic mass is 10.0. The van der Waals surface area contributed by atoms with Gasteiger partial charge in [0.25, 0.3) is 5.91 Å². The van der Waals surface area contributed by atoms with E-state index in [1.54, 1.807) is 4.90 Å². The molecule has 3 aliphatic rings. The topological polar surface area (TPSA) is 86.6 Å². The van der Waals surface area contributed by atoms with Crippen molar-refractivity contribution in [2.75, 3.05) is 51.2 Å². The number of fused-ring (bicyclic) bond motifs is 6. The van der Waals surface area contributed by atoms with Crippen molar-refractivity contribution in [1.29, 1.82) is 0 Å². The second kappa shape index (κ2) is 10.5. The van der Waals surface area contributed by atoms with Crippen molar-refractivity contribution in [1.82, 2.24) is 19.5 Å². The average Bonchev–Trinajstić information content (AvgIpc) is 3.63. The van der Waals surface area contributed by atoms with Crippen LogP contribution in [0, 0.1) is 11.8 Å². The highest BCUT2D eigenvalue weighted by Crippen LogP contribution is 2.36. The van der Waals surface area contributed by atoms with Crippen molar-refractivity contribution < 1.29 is 14.3 Å². The lowest BCUT2D eigenvalue weighted by molar-refractivity contribution is 0.0199. The Bertz CT molecular complexity index is 1780. The number of nitrogens with zero attached hydrogens (tertiary/aromatic N) is 4. The highest BCUT2D eigenvalue weighted by atomic mass is 32.1. The number of para-hydroxylation sites is 1. The third-order valence-electron chi connectivity index (χ3n) is 9.17. The number of hydrogen-bond donors (Lipinski definition) is 1. The van der Waals surface area contributed by atoms with Crippen LogP contribution in [0.15, 0.2) is 47.3 Å². The number of piperidine rings is 1. The van der Waals surface area contributed by atoms with Crippen LogP contribution in [0.25, 0.3) is 25.9 Å². The zero-order valence-corrected chi connectivity index (χ0v) is 26.1. The SMILES string of the molecule is CN1CC2CN(c3ccc4c(=O)c(C(=O)NC5CCN(C(=O)OC(C)(C)C)CC5)c5sc6ccccc6n5c4c3)CC2C1. The Balaban J connectivity index is 1.21. The van der Waals surface area contributed by atoms with Gasteiger partial charge in [-0.3, -0.25) is 14.0 Å². The van der Waals surface area contributed by atoms with Gasteiger partial charge in [-0.2, -0.15) is 0 Å². The standard InChI is InChI=1S/C33H39N5O4S/c1-33(2,3)42-32(41)36-13-11-22(12-14-36)34-30(40)28-29(39)24-10-9-23(37-18-20-16-35(4)17-21(20)19-37)15-26(24)38-25-7-5-6-8-27(25)43-31(28)38/h5-10,15,20-22H,11-14,16-19H2,1-4H3,(H,34,40). The molecular formula is C33H39N5O4S. The van der Waals surface area contributed by atoms with Crippen LogP contribution >= 0.6 is 11.3 Å². The highest BCUT2D eigenvalue weighted by molar-refractivity contribution is 7.24. The minimum Gasteiger partial charge on any atom is -0.444 e. The predicted octanol–water partition coefficient (Wildman–Crippen LogP) is 4.79. The third kappa shape index (κ3) is 5.14. The number of benzene rings is 2. The number of carbonyl (C=O) groups excluding carboxylic acids is 2. The molecule has 5 heterocycles. The maximum Gasteiger partial charge on any atom is 0.410 e. The van der Waals surface area contributed by atoms with Crippen molar-refractivity contribution in [2.24, 2.45) is 11.8 Å². The van der Waals surface area contributed by atoms with E-state index in [0.29, 0.717) is 48.0 Å². The zero-order valence-electron chi connectivity index (χ0n) is 25.3. The van der Waals surface area contributed by atoms with Crippen molar-refractivity contribution >= 4 is 55.0 Å². The Kier molecular flexibility index (Phi) is 6.89. The Morgan fingerprint density at radius 2 is 1.65 bits per heavy atom. The second-order valence-electron chi connectivity index (χ2n) is 13.5. The van der Waals surface area contributed by atoms with E-state index in [-0.39, 0.29) is 29.0 Å². The molecule has 0 bridgehead atoms. The van der Waals surface area contributed by atoms with Gasteiger partial charge in [-0.25, -0.2) is 4.79 Å². The normalized spacial score (nSPS) is 21.7. The summed E-state index contributed by atoms with van der Waals surface area (Å²) in [6.45, 7) is 10.9. The number of nitrogens with one attached hydrogen (secondary N) is 1. The number of rotatable bonds is 3. The van der Waals surface area contributed by atoms with E-state index >= 15 is 0 Å². The van der Waals surface area contributed by atoms with Crippen LogP contribution in [-0.4, -0.2) is 84.2 Å². The molecule has 2 amide bonds. The largest absolute Gasteiger partial charge is 0.444 e. The summed E-state index contributed by atoms with van der Waals surface area (Å²) in [5.74, 6) is 0.993. The van der Waals surface area contributed by atoms with Gasteiger partial charge in [-0.1, -0.05) is 12.1 Å². The van der Waals surface area contributed by atoms with Crippen LogP contribution in [0.5, 0.6) is 0 Å². The first-order valence-corrected chi connectivity index (χ1v) is 16.1. The zero-order chi connectivity index (χ0) is 30.0. The molecule has 43 heavy (non-hydrogen) atoms. The van der Waals surface area contributed by atoms with Crippen LogP contribution in [0.1, 0.15) is 44.0 Å². The number of hydrogen-bond acceptors (Lipinski definition) is 7. The van der Waals surface area contributed by atoms with E-state index in [2.05, 4.69) is 38.7 Å². The first-order valence-electron chi connectivity index (χ1n) is 15.3. The number of anilines is 1. The van der Waals surface area contributed by atoms with Crippen LogP contribution in [0.2, 0.25) is 0 Å². The van der Waals surface area contributed by atoms with Gasteiger partial charge >= 0.3 is 6.09 Å². The lowest BCUT2D eigenvalue weighted by Crippen LogP contribution is -2.48. The summed E-state index contributed by atoms with van der Waals surface area (Å²) in [4.78, 5) is 47.6. The number of aromatic nitrogens is 1. The van der Waals surface area contributed by atoms with E-state index in [4.69, 9.17) is 4.74 Å². The fourth-order valence-electron chi connectivity index (χ4n) is 7.14.